The lowest BCUT2D eigenvalue weighted by Crippen LogP contribution is -2.43. The Hall–Kier alpha value is -1.30. The van der Waals surface area contributed by atoms with E-state index in [0.29, 0.717) is 19.1 Å². The summed E-state index contributed by atoms with van der Waals surface area (Å²) in [6, 6.07) is 0.198. The zero-order chi connectivity index (χ0) is 12.8. The molecule has 1 saturated carbocycles. The number of rotatable bonds is 7. The Labute approximate surface area is 101 Å². The van der Waals surface area contributed by atoms with Crippen LogP contribution in [0.3, 0.4) is 0 Å². The van der Waals surface area contributed by atoms with E-state index in [1.807, 2.05) is 6.92 Å². The summed E-state index contributed by atoms with van der Waals surface area (Å²) in [5.74, 6) is 0.417. The minimum Gasteiger partial charge on any atom is -0.409 e. The van der Waals surface area contributed by atoms with E-state index >= 15 is 0 Å². The molecule has 17 heavy (non-hydrogen) atoms. The van der Waals surface area contributed by atoms with Crippen molar-refractivity contribution < 1.29 is 14.7 Å². The lowest BCUT2D eigenvalue weighted by Gasteiger charge is -2.29. The second kappa shape index (κ2) is 6.44. The highest BCUT2D eigenvalue weighted by Crippen LogP contribution is 2.35. The molecular weight excluding hydrogens is 222 g/mol. The molecule has 0 aliphatic heterocycles. The summed E-state index contributed by atoms with van der Waals surface area (Å²) in [4.78, 5) is 13.8. The SMILES string of the molecule is COCCN(C(=O)CC(N)=NO)C(C)C1CC1. The predicted octanol–water partition coefficient (Wildman–Crippen LogP) is 0.396. The molecule has 98 valence electrons. The van der Waals surface area contributed by atoms with Gasteiger partial charge in [0.1, 0.15) is 5.84 Å². The highest BCUT2D eigenvalue weighted by molar-refractivity contribution is 5.98. The molecule has 0 aromatic rings. The molecule has 1 unspecified atom stereocenters. The fraction of sp³-hybridized carbons (Fsp3) is 0.818. The largest absolute Gasteiger partial charge is 0.409 e. The Kier molecular flexibility index (Phi) is 5.21. The molecule has 6 nitrogen and oxygen atoms in total. The molecule has 0 aromatic carbocycles. The second-order valence-corrected chi connectivity index (χ2v) is 4.43. The van der Waals surface area contributed by atoms with Crippen LogP contribution in [0.5, 0.6) is 0 Å². The van der Waals surface area contributed by atoms with Crippen molar-refractivity contribution in [2.45, 2.75) is 32.2 Å². The van der Waals surface area contributed by atoms with Crippen LogP contribution in [0.4, 0.5) is 0 Å². The Balaban J connectivity index is 2.57. The van der Waals surface area contributed by atoms with Crippen molar-refractivity contribution in [2.24, 2.45) is 16.8 Å². The summed E-state index contributed by atoms with van der Waals surface area (Å²) in [6.07, 6.45) is 2.29. The monoisotopic (exact) mass is 243 g/mol. The van der Waals surface area contributed by atoms with E-state index in [2.05, 4.69) is 5.16 Å². The van der Waals surface area contributed by atoms with Gasteiger partial charge in [-0.2, -0.15) is 0 Å². The predicted molar refractivity (Wildman–Crippen MR) is 63.8 cm³/mol. The number of nitrogens with two attached hydrogens (primary N) is 1. The number of hydrogen-bond donors (Lipinski definition) is 2. The molecule has 0 spiro atoms. The Morgan fingerprint density at radius 3 is 2.76 bits per heavy atom. The van der Waals surface area contributed by atoms with Gasteiger partial charge < -0.3 is 20.6 Å². The normalized spacial score (nSPS) is 17.9. The number of oxime groups is 1. The molecule has 0 saturated heterocycles. The third-order valence-corrected chi connectivity index (χ3v) is 3.11. The number of hydrogen-bond acceptors (Lipinski definition) is 4. The van der Waals surface area contributed by atoms with Crippen LogP contribution in [0.25, 0.3) is 0 Å². The van der Waals surface area contributed by atoms with E-state index in [9.17, 15) is 4.79 Å². The molecule has 1 rings (SSSR count). The van der Waals surface area contributed by atoms with Crippen LogP contribution in [-0.4, -0.2) is 48.2 Å². The second-order valence-electron chi connectivity index (χ2n) is 4.43. The first-order valence-electron chi connectivity index (χ1n) is 5.85. The molecule has 0 bridgehead atoms. The molecular formula is C11H21N3O3. The van der Waals surface area contributed by atoms with Crippen molar-refractivity contribution in [3.8, 4) is 0 Å². The number of nitrogens with zero attached hydrogens (tertiary/aromatic N) is 2. The molecule has 1 fully saturated rings. The van der Waals surface area contributed by atoms with Crippen molar-refractivity contribution in [1.82, 2.24) is 4.90 Å². The molecule has 1 atom stereocenters. The number of carbonyl (C=O) groups excluding carboxylic acids is 1. The Morgan fingerprint density at radius 2 is 2.29 bits per heavy atom. The average Bonchev–Trinajstić information content (AvgIpc) is 3.12. The third-order valence-electron chi connectivity index (χ3n) is 3.11. The van der Waals surface area contributed by atoms with Gasteiger partial charge >= 0.3 is 0 Å². The van der Waals surface area contributed by atoms with Crippen molar-refractivity contribution >= 4 is 11.7 Å². The van der Waals surface area contributed by atoms with Gasteiger partial charge in [0.25, 0.3) is 0 Å². The minimum absolute atomic E-state index is 0.0444. The van der Waals surface area contributed by atoms with Crippen LogP contribution in [0.15, 0.2) is 5.16 Å². The first-order valence-corrected chi connectivity index (χ1v) is 5.85. The molecule has 1 aliphatic carbocycles. The van der Waals surface area contributed by atoms with Crippen molar-refractivity contribution in [3.05, 3.63) is 0 Å². The van der Waals surface area contributed by atoms with Crippen LogP contribution in [0, 0.1) is 5.92 Å². The van der Waals surface area contributed by atoms with Crippen molar-refractivity contribution in [2.75, 3.05) is 20.3 Å². The average molecular weight is 243 g/mol. The topological polar surface area (TPSA) is 88.2 Å². The number of methoxy groups -OCH3 is 1. The van der Waals surface area contributed by atoms with Crippen LogP contribution >= 0.6 is 0 Å². The first kappa shape index (κ1) is 13.8. The van der Waals surface area contributed by atoms with E-state index in [1.54, 1.807) is 12.0 Å². The van der Waals surface area contributed by atoms with E-state index in [4.69, 9.17) is 15.7 Å². The van der Waals surface area contributed by atoms with Gasteiger partial charge in [0.15, 0.2) is 0 Å². The molecule has 3 N–H and O–H groups in total. The number of amides is 1. The van der Waals surface area contributed by atoms with Gasteiger partial charge in [0, 0.05) is 19.7 Å². The summed E-state index contributed by atoms with van der Waals surface area (Å²) < 4.78 is 5.00. The maximum atomic E-state index is 12.0. The minimum atomic E-state index is -0.114. The third kappa shape index (κ3) is 4.22. The van der Waals surface area contributed by atoms with Crippen LogP contribution in [0.1, 0.15) is 26.2 Å². The summed E-state index contributed by atoms with van der Waals surface area (Å²) in [7, 11) is 1.61. The standard InChI is InChI=1S/C11H21N3O3/c1-8(9-3-4-9)14(5-6-17-2)11(15)7-10(12)13-16/h8-9,16H,3-7H2,1-2H3,(H2,12,13). The molecule has 0 aromatic heterocycles. The van der Waals surface area contributed by atoms with Crippen molar-refractivity contribution in [1.29, 1.82) is 0 Å². The van der Waals surface area contributed by atoms with Crippen molar-refractivity contribution in [3.63, 3.8) is 0 Å². The quantitative estimate of drug-likeness (QED) is 0.293. The molecule has 0 radical (unpaired) electrons. The fourth-order valence-electron chi connectivity index (χ4n) is 1.87. The summed E-state index contributed by atoms with van der Waals surface area (Å²) >= 11 is 0. The number of ether oxygens (including phenoxy) is 1. The van der Waals surface area contributed by atoms with Gasteiger partial charge in [-0.1, -0.05) is 5.16 Å². The summed E-state index contributed by atoms with van der Waals surface area (Å²) in [5, 5.41) is 11.3. The zero-order valence-electron chi connectivity index (χ0n) is 10.4. The zero-order valence-corrected chi connectivity index (χ0v) is 10.4. The van der Waals surface area contributed by atoms with Crippen LogP contribution in [-0.2, 0) is 9.53 Å². The van der Waals surface area contributed by atoms with Gasteiger partial charge in [0.2, 0.25) is 5.91 Å². The van der Waals surface area contributed by atoms with Crippen LogP contribution in [0.2, 0.25) is 0 Å². The lowest BCUT2D eigenvalue weighted by atomic mass is 10.1. The maximum absolute atomic E-state index is 12.0. The highest BCUT2D eigenvalue weighted by atomic mass is 16.5. The van der Waals surface area contributed by atoms with E-state index in [1.165, 1.54) is 12.8 Å². The molecule has 0 heterocycles. The lowest BCUT2D eigenvalue weighted by molar-refractivity contribution is -0.133. The van der Waals surface area contributed by atoms with E-state index < -0.39 is 0 Å². The molecule has 6 heteroatoms. The Bertz CT molecular complexity index is 290. The number of amidine groups is 1. The first-order chi connectivity index (χ1) is 8.10. The van der Waals surface area contributed by atoms with Crippen LogP contribution < -0.4 is 5.73 Å². The van der Waals surface area contributed by atoms with Gasteiger partial charge in [-0.3, -0.25) is 4.79 Å². The number of carbonyl (C=O) groups is 1. The molecule has 1 aliphatic rings. The van der Waals surface area contributed by atoms with E-state index in [-0.39, 0.29) is 24.2 Å². The summed E-state index contributed by atoms with van der Waals surface area (Å²) in [6.45, 7) is 3.09. The summed E-state index contributed by atoms with van der Waals surface area (Å²) in [5.41, 5.74) is 5.35. The molecule has 1 amide bonds. The van der Waals surface area contributed by atoms with Gasteiger partial charge in [0.05, 0.1) is 13.0 Å². The smallest absolute Gasteiger partial charge is 0.230 e. The van der Waals surface area contributed by atoms with Gasteiger partial charge in [-0.05, 0) is 25.7 Å². The Morgan fingerprint density at radius 1 is 1.65 bits per heavy atom. The van der Waals surface area contributed by atoms with Gasteiger partial charge in [-0.25, -0.2) is 0 Å². The van der Waals surface area contributed by atoms with Gasteiger partial charge in [-0.15, -0.1) is 0 Å². The fourth-order valence-corrected chi connectivity index (χ4v) is 1.87. The highest BCUT2D eigenvalue weighted by Gasteiger charge is 2.34. The van der Waals surface area contributed by atoms with E-state index in [0.717, 1.165) is 0 Å². The maximum Gasteiger partial charge on any atom is 0.230 e.